The molecular weight excluding hydrogens is 496 g/mol. The molecule has 2 heterocycles. The van der Waals surface area contributed by atoms with Gasteiger partial charge < -0.3 is 20.3 Å². The number of amides is 1. The van der Waals surface area contributed by atoms with Crippen molar-refractivity contribution in [2.24, 2.45) is 0 Å². The standard InChI is InChI=1S/C23H19F6N3O4/c1-2-36-19-8-14(4-5-15(19)22(24,25)26)32-21(35)12-3-6-17(30-9-12)20-16(23(27,28)29)7-13(10-31-20)18(34)11-33/h3-10,18,33-34H,2,11H2,1H3,(H,32,35)/t18-/m1/s1. The molecule has 13 heteroatoms. The van der Waals surface area contributed by atoms with Gasteiger partial charge in [0, 0.05) is 29.7 Å². The molecule has 3 aromatic rings. The lowest BCUT2D eigenvalue weighted by atomic mass is 10.0. The fraction of sp³-hybridized carbons (Fsp3) is 0.261. The van der Waals surface area contributed by atoms with Crippen molar-refractivity contribution < 1.29 is 46.1 Å². The maximum atomic E-state index is 13.6. The highest BCUT2D eigenvalue weighted by molar-refractivity contribution is 6.04. The first kappa shape index (κ1) is 26.9. The molecule has 0 saturated carbocycles. The predicted octanol–water partition coefficient (Wildman–Crippen LogP) is 4.86. The Hall–Kier alpha value is -3.71. The highest BCUT2D eigenvalue weighted by Crippen LogP contribution is 2.38. The van der Waals surface area contributed by atoms with Gasteiger partial charge in [-0.1, -0.05) is 0 Å². The van der Waals surface area contributed by atoms with Crippen LogP contribution in [-0.2, 0) is 12.4 Å². The van der Waals surface area contributed by atoms with Crippen LogP contribution in [0.4, 0.5) is 32.0 Å². The van der Waals surface area contributed by atoms with Gasteiger partial charge in [0.25, 0.3) is 5.91 Å². The Morgan fingerprint density at radius 3 is 2.25 bits per heavy atom. The Labute approximate surface area is 200 Å². The van der Waals surface area contributed by atoms with E-state index in [1.54, 1.807) is 0 Å². The topological polar surface area (TPSA) is 105 Å². The van der Waals surface area contributed by atoms with E-state index in [0.717, 1.165) is 36.7 Å². The van der Waals surface area contributed by atoms with E-state index in [1.165, 1.54) is 13.0 Å². The van der Waals surface area contributed by atoms with Crippen LogP contribution in [0, 0.1) is 0 Å². The third kappa shape index (κ3) is 6.10. The molecule has 36 heavy (non-hydrogen) atoms. The van der Waals surface area contributed by atoms with E-state index < -0.39 is 53.5 Å². The minimum atomic E-state index is -4.86. The molecule has 0 fully saturated rings. The molecule has 0 saturated heterocycles. The molecule has 0 aliphatic heterocycles. The van der Waals surface area contributed by atoms with E-state index in [9.17, 15) is 36.2 Å². The van der Waals surface area contributed by atoms with Crippen LogP contribution in [-0.4, -0.2) is 39.3 Å². The summed E-state index contributed by atoms with van der Waals surface area (Å²) in [5.41, 5.74) is -3.33. The van der Waals surface area contributed by atoms with E-state index in [1.807, 2.05) is 0 Å². The molecule has 7 nitrogen and oxygen atoms in total. The first-order valence-corrected chi connectivity index (χ1v) is 10.3. The molecule has 0 radical (unpaired) electrons. The van der Waals surface area contributed by atoms with E-state index in [0.29, 0.717) is 6.07 Å². The molecule has 1 aromatic carbocycles. The Balaban J connectivity index is 1.86. The van der Waals surface area contributed by atoms with Gasteiger partial charge >= 0.3 is 12.4 Å². The van der Waals surface area contributed by atoms with E-state index >= 15 is 0 Å². The first-order chi connectivity index (χ1) is 16.8. The quantitative estimate of drug-likeness (QED) is 0.389. The number of carbonyl (C=O) groups excluding carboxylic acids is 1. The summed E-state index contributed by atoms with van der Waals surface area (Å²) in [5, 5.41) is 21.0. The zero-order chi connectivity index (χ0) is 26.7. The van der Waals surface area contributed by atoms with Gasteiger partial charge in [0.15, 0.2) is 0 Å². The summed E-state index contributed by atoms with van der Waals surface area (Å²) in [6.45, 7) is 0.658. The number of alkyl halides is 6. The fourth-order valence-corrected chi connectivity index (χ4v) is 3.17. The number of hydrogen-bond donors (Lipinski definition) is 3. The SMILES string of the molecule is CCOc1cc(NC(=O)c2ccc(-c3ncc([C@H](O)CO)cc3C(F)(F)F)nc2)ccc1C(F)(F)F. The molecule has 0 unspecified atom stereocenters. The van der Waals surface area contributed by atoms with Crippen LogP contribution >= 0.6 is 0 Å². The molecule has 1 amide bonds. The van der Waals surface area contributed by atoms with Gasteiger partial charge in [-0.2, -0.15) is 26.3 Å². The lowest BCUT2D eigenvalue weighted by molar-refractivity contribution is -0.139. The van der Waals surface area contributed by atoms with E-state index in [-0.39, 0.29) is 29.1 Å². The van der Waals surface area contributed by atoms with Crippen LogP contribution in [0.5, 0.6) is 5.75 Å². The second kappa shape index (κ2) is 10.5. The number of nitrogens with one attached hydrogen (secondary N) is 1. The Bertz CT molecular complexity index is 1230. The Kier molecular flexibility index (Phi) is 7.84. The van der Waals surface area contributed by atoms with Gasteiger partial charge in [0.05, 0.1) is 35.6 Å². The number of halogens is 6. The molecule has 0 aliphatic rings. The van der Waals surface area contributed by atoms with Crippen molar-refractivity contribution in [2.45, 2.75) is 25.4 Å². The average Bonchev–Trinajstić information content (AvgIpc) is 2.82. The number of hydrogen-bond acceptors (Lipinski definition) is 6. The molecule has 3 rings (SSSR count). The van der Waals surface area contributed by atoms with Gasteiger partial charge in [-0.15, -0.1) is 0 Å². The van der Waals surface area contributed by atoms with Gasteiger partial charge in [-0.3, -0.25) is 14.8 Å². The van der Waals surface area contributed by atoms with Crippen molar-refractivity contribution in [3.63, 3.8) is 0 Å². The lowest BCUT2D eigenvalue weighted by Gasteiger charge is -2.16. The number of pyridine rings is 2. The fourth-order valence-electron chi connectivity index (χ4n) is 3.17. The van der Waals surface area contributed by atoms with E-state index in [4.69, 9.17) is 9.84 Å². The van der Waals surface area contributed by atoms with Crippen molar-refractivity contribution in [2.75, 3.05) is 18.5 Å². The third-order valence-electron chi connectivity index (χ3n) is 4.88. The normalized spacial score (nSPS) is 12.8. The zero-order valence-corrected chi connectivity index (χ0v) is 18.5. The molecule has 192 valence electrons. The maximum Gasteiger partial charge on any atom is 0.419 e. The van der Waals surface area contributed by atoms with Crippen LogP contribution < -0.4 is 10.1 Å². The highest BCUT2D eigenvalue weighted by Gasteiger charge is 2.36. The summed E-state index contributed by atoms with van der Waals surface area (Å²) in [6, 6.07) is 5.73. The van der Waals surface area contributed by atoms with Crippen molar-refractivity contribution in [1.82, 2.24) is 9.97 Å². The van der Waals surface area contributed by atoms with Crippen LogP contribution in [0.3, 0.4) is 0 Å². The predicted molar refractivity (Wildman–Crippen MR) is 115 cm³/mol. The zero-order valence-electron chi connectivity index (χ0n) is 18.5. The Morgan fingerprint density at radius 1 is 1.00 bits per heavy atom. The highest BCUT2D eigenvalue weighted by atomic mass is 19.4. The number of nitrogens with zero attached hydrogens (tertiary/aromatic N) is 2. The number of anilines is 1. The van der Waals surface area contributed by atoms with Crippen LogP contribution in [0.25, 0.3) is 11.4 Å². The Morgan fingerprint density at radius 2 is 1.69 bits per heavy atom. The summed E-state index contributed by atoms with van der Waals surface area (Å²) in [4.78, 5) is 20.1. The largest absolute Gasteiger partial charge is 0.493 e. The molecule has 0 spiro atoms. The molecule has 0 aliphatic carbocycles. The lowest BCUT2D eigenvalue weighted by Crippen LogP contribution is -2.14. The van der Waals surface area contributed by atoms with Crippen molar-refractivity contribution in [3.8, 4) is 17.1 Å². The number of aliphatic hydroxyl groups is 2. The number of rotatable bonds is 7. The van der Waals surface area contributed by atoms with Crippen LogP contribution in [0.1, 0.15) is 40.1 Å². The molecule has 3 N–H and O–H groups in total. The molecule has 0 bridgehead atoms. The van der Waals surface area contributed by atoms with Crippen LogP contribution in [0.15, 0.2) is 48.8 Å². The molecule has 2 aromatic heterocycles. The van der Waals surface area contributed by atoms with Crippen molar-refractivity contribution in [1.29, 1.82) is 0 Å². The smallest absolute Gasteiger partial charge is 0.419 e. The second-order valence-corrected chi connectivity index (χ2v) is 7.39. The van der Waals surface area contributed by atoms with Gasteiger partial charge in [-0.25, -0.2) is 0 Å². The number of aromatic nitrogens is 2. The number of benzene rings is 1. The van der Waals surface area contributed by atoms with Gasteiger partial charge in [0.2, 0.25) is 0 Å². The minimum Gasteiger partial charge on any atom is -0.493 e. The number of carbonyl (C=O) groups is 1. The van der Waals surface area contributed by atoms with Crippen molar-refractivity contribution in [3.05, 3.63) is 71.0 Å². The van der Waals surface area contributed by atoms with E-state index in [2.05, 4.69) is 15.3 Å². The number of aliphatic hydroxyl groups excluding tert-OH is 2. The van der Waals surface area contributed by atoms with Crippen LogP contribution in [0.2, 0.25) is 0 Å². The summed E-state index contributed by atoms with van der Waals surface area (Å²) in [6.07, 6.45) is -9.12. The molecular formula is C23H19F6N3O4. The summed E-state index contributed by atoms with van der Waals surface area (Å²) >= 11 is 0. The summed E-state index contributed by atoms with van der Waals surface area (Å²) in [5.74, 6) is -1.25. The third-order valence-corrected chi connectivity index (χ3v) is 4.88. The first-order valence-electron chi connectivity index (χ1n) is 10.3. The molecule has 1 atom stereocenters. The summed E-state index contributed by atoms with van der Waals surface area (Å²) in [7, 11) is 0. The summed E-state index contributed by atoms with van der Waals surface area (Å²) < 4.78 is 85.1. The monoisotopic (exact) mass is 515 g/mol. The average molecular weight is 515 g/mol. The number of ether oxygens (including phenoxy) is 1. The maximum absolute atomic E-state index is 13.6. The second-order valence-electron chi connectivity index (χ2n) is 7.39. The van der Waals surface area contributed by atoms with Crippen molar-refractivity contribution >= 4 is 11.6 Å². The van der Waals surface area contributed by atoms with Gasteiger partial charge in [0.1, 0.15) is 17.5 Å². The van der Waals surface area contributed by atoms with Gasteiger partial charge in [-0.05, 0) is 37.3 Å². The minimum absolute atomic E-state index is 0.000388.